The Morgan fingerprint density at radius 3 is 2.42 bits per heavy atom. The van der Waals surface area contributed by atoms with Crippen molar-refractivity contribution in [2.24, 2.45) is 5.14 Å². The van der Waals surface area contributed by atoms with Crippen LogP contribution in [0.2, 0.25) is 0 Å². The molecule has 1 saturated carbocycles. The number of morpholine rings is 1. The molecule has 1 aromatic rings. The molecule has 0 aromatic heterocycles. The van der Waals surface area contributed by atoms with Crippen molar-refractivity contribution in [3.63, 3.8) is 0 Å². The smallest absolute Gasteiger partial charge is 0.312 e. The molecule has 10 heteroatoms. The number of sulfonamides is 1. The molecule has 2 N–H and O–H groups in total. The normalized spacial score (nSPS) is 25.0. The molecule has 0 unspecified atom stereocenters. The molecule has 26 heavy (non-hydrogen) atoms. The maximum absolute atomic E-state index is 11.4. The van der Waals surface area contributed by atoms with Gasteiger partial charge >= 0.3 is 5.69 Å². The zero-order chi connectivity index (χ0) is 18.7. The van der Waals surface area contributed by atoms with Gasteiger partial charge in [-0.2, -0.15) is 0 Å². The van der Waals surface area contributed by atoms with Crippen molar-refractivity contribution in [2.75, 3.05) is 26.3 Å². The number of hydrogen-bond acceptors (Lipinski definition) is 7. The zero-order valence-corrected chi connectivity index (χ0v) is 15.2. The van der Waals surface area contributed by atoms with Gasteiger partial charge in [0, 0.05) is 25.2 Å². The molecule has 9 nitrogen and oxygen atoms in total. The van der Waals surface area contributed by atoms with Crippen LogP contribution in [0.5, 0.6) is 5.75 Å². The van der Waals surface area contributed by atoms with Gasteiger partial charge in [0.2, 0.25) is 10.0 Å². The highest BCUT2D eigenvalue weighted by molar-refractivity contribution is 7.89. The number of nitrogens with two attached hydrogens (primary N) is 1. The van der Waals surface area contributed by atoms with Crippen LogP contribution in [0.25, 0.3) is 0 Å². The minimum Gasteiger partial charge on any atom is -0.484 e. The monoisotopic (exact) mass is 385 g/mol. The zero-order valence-electron chi connectivity index (χ0n) is 14.4. The van der Waals surface area contributed by atoms with E-state index in [4.69, 9.17) is 14.6 Å². The molecule has 0 radical (unpaired) electrons. The van der Waals surface area contributed by atoms with Crippen LogP contribution in [-0.2, 0) is 14.8 Å². The fourth-order valence-corrected chi connectivity index (χ4v) is 4.10. The van der Waals surface area contributed by atoms with E-state index < -0.39 is 14.9 Å². The third-order valence-corrected chi connectivity index (χ3v) is 5.87. The standard InChI is InChI=1S/C16H23N3O6S/c17-26(22,23)14-5-6-16(15(11-14)19(20)21)25-13-3-1-12(2-4-13)18-7-9-24-10-8-18/h5-6,11-13H,1-4,7-10H2,(H2,17,22,23). The molecule has 1 aliphatic heterocycles. The molecule has 2 aliphatic rings. The number of ether oxygens (including phenoxy) is 2. The van der Waals surface area contributed by atoms with Crippen molar-refractivity contribution in [2.45, 2.75) is 42.7 Å². The molecule has 0 bridgehead atoms. The summed E-state index contributed by atoms with van der Waals surface area (Å²) in [7, 11) is -4.00. The summed E-state index contributed by atoms with van der Waals surface area (Å²) in [6.45, 7) is 3.41. The second-order valence-corrected chi connectivity index (χ2v) is 8.19. The Balaban J connectivity index is 1.65. The summed E-state index contributed by atoms with van der Waals surface area (Å²) in [5.74, 6) is 0.0808. The second kappa shape index (κ2) is 7.87. The van der Waals surface area contributed by atoms with Crippen molar-refractivity contribution >= 4 is 15.7 Å². The first-order chi connectivity index (χ1) is 12.3. The Morgan fingerprint density at radius 2 is 1.85 bits per heavy atom. The van der Waals surface area contributed by atoms with Crippen molar-refractivity contribution in [3.8, 4) is 5.75 Å². The van der Waals surface area contributed by atoms with Crippen LogP contribution in [0.4, 0.5) is 5.69 Å². The van der Waals surface area contributed by atoms with Crippen LogP contribution in [0.3, 0.4) is 0 Å². The van der Waals surface area contributed by atoms with Gasteiger partial charge in [-0.1, -0.05) is 0 Å². The highest BCUT2D eigenvalue weighted by Crippen LogP contribution is 2.33. The topological polar surface area (TPSA) is 125 Å². The first-order valence-electron chi connectivity index (χ1n) is 8.64. The Labute approximate surface area is 152 Å². The molecular formula is C16H23N3O6S. The summed E-state index contributed by atoms with van der Waals surface area (Å²) in [5.41, 5.74) is -0.383. The van der Waals surface area contributed by atoms with Gasteiger partial charge in [-0.3, -0.25) is 15.0 Å². The molecule has 3 rings (SSSR count). The molecular weight excluding hydrogens is 362 g/mol. The van der Waals surface area contributed by atoms with E-state index in [-0.39, 0.29) is 22.4 Å². The number of rotatable bonds is 5. The van der Waals surface area contributed by atoms with Gasteiger partial charge in [0.1, 0.15) is 0 Å². The number of hydrogen-bond donors (Lipinski definition) is 1. The van der Waals surface area contributed by atoms with E-state index in [1.807, 2.05) is 0 Å². The van der Waals surface area contributed by atoms with Gasteiger partial charge in [-0.05, 0) is 37.8 Å². The van der Waals surface area contributed by atoms with Crippen molar-refractivity contribution in [1.82, 2.24) is 4.90 Å². The third kappa shape index (κ3) is 4.50. The quantitative estimate of drug-likeness (QED) is 0.597. The lowest BCUT2D eigenvalue weighted by Gasteiger charge is -2.38. The van der Waals surface area contributed by atoms with Gasteiger partial charge in [0.05, 0.1) is 29.1 Å². The van der Waals surface area contributed by atoms with Gasteiger partial charge in [-0.25, -0.2) is 13.6 Å². The molecule has 1 saturated heterocycles. The predicted octanol–water partition coefficient (Wildman–Crippen LogP) is 1.26. The number of nitro groups is 1. The summed E-state index contributed by atoms with van der Waals surface area (Å²) < 4.78 is 34.0. The van der Waals surface area contributed by atoms with Gasteiger partial charge in [-0.15, -0.1) is 0 Å². The van der Waals surface area contributed by atoms with E-state index in [9.17, 15) is 18.5 Å². The summed E-state index contributed by atoms with van der Waals surface area (Å²) in [6.07, 6.45) is 3.42. The van der Waals surface area contributed by atoms with Crippen molar-refractivity contribution in [3.05, 3.63) is 28.3 Å². The average Bonchev–Trinajstić information content (AvgIpc) is 2.62. The lowest BCUT2D eigenvalue weighted by atomic mass is 9.91. The molecule has 0 spiro atoms. The van der Waals surface area contributed by atoms with Crippen molar-refractivity contribution in [1.29, 1.82) is 0 Å². The SMILES string of the molecule is NS(=O)(=O)c1ccc(OC2CCC(N3CCOCC3)CC2)c([N+](=O)[O-])c1. The average molecular weight is 385 g/mol. The van der Waals surface area contributed by atoms with E-state index in [1.54, 1.807) is 0 Å². The lowest BCUT2D eigenvalue weighted by Crippen LogP contribution is -2.46. The van der Waals surface area contributed by atoms with E-state index in [0.717, 1.165) is 58.1 Å². The summed E-state index contributed by atoms with van der Waals surface area (Å²) >= 11 is 0. The van der Waals surface area contributed by atoms with E-state index in [0.29, 0.717) is 6.04 Å². The predicted molar refractivity (Wildman–Crippen MR) is 93.5 cm³/mol. The summed E-state index contributed by atoms with van der Waals surface area (Å²) in [6, 6.07) is 3.99. The maximum atomic E-state index is 11.4. The van der Waals surface area contributed by atoms with Gasteiger partial charge < -0.3 is 9.47 Å². The van der Waals surface area contributed by atoms with Gasteiger partial charge in [0.15, 0.2) is 5.75 Å². The van der Waals surface area contributed by atoms with Crippen LogP contribution in [0.15, 0.2) is 23.1 Å². The Bertz CT molecular complexity index is 755. The summed E-state index contributed by atoms with van der Waals surface area (Å²) in [5, 5.41) is 16.3. The van der Waals surface area contributed by atoms with Gasteiger partial charge in [0.25, 0.3) is 0 Å². The van der Waals surface area contributed by atoms with Crippen molar-refractivity contribution < 1.29 is 22.8 Å². The minimum absolute atomic E-state index is 0.0808. The van der Waals surface area contributed by atoms with Crippen LogP contribution in [0.1, 0.15) is 25.7 Å². The molecule has 144 valence electrons. The van der Waals surface area contributed by atoms with E-state index >= 15 is 0 Å². The molecule has 1 heterocycles. The fraction of sp³-hybridized carbons (Fsp3) is 0.625. The van der Waals surface area contributed by atoms with Crippen LogP contribution < -0.4 is 9.88 Å². The molecule has 0 amide bonds. The second-order valence-electron chi connectivity index (χ2n) is 6.63. The first-order valence-corrected chi connectivity index (χ1v) is 10.2. The molecule has 2 fully saturated rings. The Kier molecular flexibility index (Phi) is 5.76. The Hall–Kier alpha value is -1.75. The number of nitro benzene ring substituents is 1. The summed E-state index contributed by atoms with van der Waals surface area (Å²) in [4.78, 5) is 12.8. The fourth-order valence-electron chi connectivity index (χ4n) is 3.57. The third-order valence-electron chi connectivity index (χ3n) is 4.96. The maximum Gasteiger partial charge on any atom is 0.312 e. The van der Waals surface area contributed by atoms with Crippen LogP contribution in [-0.4, -0.2) is 56.7 Å². The number of benzene rings is 1. The lowest BCUT2D eigenvalue weighted by molar-refractivity contribution is -0.386. The first kappa shape index (κ1) is 19.0. The van der Waals surface area contributed by atoms with E-state index in [2.05, 4.69) is 4.90 Å². The number of primary sulfonamides is 1. The largest absolute Gasteiger partial charge is 0.484 e. The van der Waals surface area contributed by atoms with Crippen LogP contribution in [0, 0.1) is 10.1 Å². The minimum atomic E-state index is -4.00. The van der Waals surface area contributed by atoms with Crippen LogP contribution >= 0.6 is 0 Å². The number of nitrogens with zero attached hydrogens (tertiary/aromatic N) is 2. The molecule has 1 aromatic carbocycles. The molecule has 1 aliphatic carbocycles. The Morgan fingerprint density at radius 1 is 1.19 bits per heavy atom. The van der Waals surface area contributed by atoms with E-state index in [1.165, 1.54) is 12.1 Å². The highest BCUT2D eigenvalue weighted by Gasteiger charge is 2.29. The highest BCUT2D eigenvalue weighted by atomic mass is 32.2. The molecule has 0 atom stereocenters.